The van der Waals surface area contributed by atoms with E-state index in [1.807, 2.05) is 11.0 Å². The molecule has 2 amide bonds. The summed E-state index contributed by atoms with van der Waals surface area (Å²) in [6.45, 7) is 3.32. The zero-order valence-electron chi connectivity index (χ0n) is 20.9. The number of rotatable bonds is 7. The first-order chi connectivity index (χ1) is 18.4. The lowest BCUT2D eigenvalue weighted by Crippen LogP contribution is -2.48. The highest BCUT2D eigenvalue weighted by Crippen LogP contribution is 2.29. The molecule has 0 radical (unpaired) electrons. The van der Waals surface area contributed by atoms with E-state index in [0.29, 0.717) is 31.7 Å². The number of nitrogens with one attached hydrogen (secondary N) is 1. The fourth-order valence-electron chi connectivity index (χ4n) is 4.40. The monoisotopic (exact) mass is 545 g/mol. The number of carbonyl (C=O) groups excluding carboxylic acids is 2. The van der Waals surface area contributed by atoms with Gasteiger partial charge in [0.05, 0.1) is 22.8 Å². The molecule has 13 heteroatoms. The molecule has 1 aliphatic rings. The van der Waals surface area contributed by atoms with Crippen LogP contribution < -0.4 is 15.8 Å². The second-order valence-electron chi connectivity index (χ2n) is 9.23. The van der Waals surface area contributed by atoms with Crippen molar-refractivity contribution < 1.29 is 32.7 Å². The van der Waals surface area contributed by atoms with Crippen molar-refractivity contribution in [2.75, 3.05) is 31.1 Å². The molecule has 1 atom stereocenters. The second-order valence-corrected chi connectivity index (χ2v) is 9.23. The summed E-state index contributed by atoms with van der Waals surface area (Å²) >= 11 is 0. The molecule has 1 fully saturated rings. The van der Waals surface area contributed by atoms with E-state index < -0.39 is 41.8 Å². The smallest absolute Gasteiger partial charge is 0.416 e. The van der Waals surface area contributed by atoms with E-state index in [4.69, 9.17) is 0 Å². The van der Waals surface area contributed by atoms with Crippen LogP contribution in [-0.4, -0.2) is 69.6 Å². The molecule has 1 aliphatic heterocycles. The molecule has 2 aromatic carbocycles. The van der Waals surface area contributed by atoms with Crippen LogP contribution in [0.4, 0.5) is 18.9 Å². The Labute approximate surface area is 220 Å². The summed E-state index contributed by atoms with van der Waals surface area (Å²) in [4.78, 5) is 57.1. The molecule has 1 aromatic heterocycles. The topological polar surface area (TPSA) is 125 Å². The zero-order chi connectivity index (χ0) is 28.3. The molecule has 0 bridgehead atoms. The third-order valence-electron chi connectivity index (χ3n) is 6.57. The van der Waals surface area contributed by atoms with Crippen molar-refractivity contribution in [1.82, 2.24) is 19.8 Å². The number of carbonyl (C=O) groups is 3. The van der Waals surface area contributed by atoms with Crippen molar-refractivity contribution in [2.24, 2.45) is 0 Å². The van der Waals surface area contributed by atoms with Crippen molar-refractivity contribution in [2.45, 2.75) is 32.1 Å². The molecule has 0 aliphatic carbocycles. The zero-order valence-corrected chi connectivity index (χ0v) is 20.9. The number of nitrogens with zero attached hydrogens (tertiary/aromatic N) is 4. The van der Waals surface area contributed by atoms with Crippen LogP contribution in [0.3, 0.4) is 0 Å². The Morgan fingerprint density at radius 2 is 1.72 bits per heavy atom. The molecule has 2 heterocycles. The third kappa shape index (κ3) is 6.54. The lowest BCUT2D eigenvalue weighted by Gasteiger charge is -2.35. The Hall–Kier alpha value is -4.42. The van der Waals surface area contributed by atoms with Gasteiger partial charge in [0.25, 0.3) is 5.56 Å². The number of benzene rings is 2. The van der Waals surface area contributed by atoms with Gasteiger partial charge in [-0.05, 0) is 35.9 Å². The van der Waals surface area contributed by atoms with Gasteiger partial charge in [-0.3, -0.25) is 19.0 Å². The summed E-state index contributed by atoms with van der Waals surface area (Å²) in [5.41, 5.74) is 0.125. The number of anilines is 1. The van der Waals surface area contributed by atoms with Crippen molar-refractivity contribution in [3.8, 4) is 0 Å². The Balaban J connectivity index is 1.46. The second kappa shape index (κ2) is 11.1. The summed E-state index contributed by atoms with van der Waals surface area (Å²) < 4.78 is 39.4. The molecule has 10 nitrogen and oxygen atoms in total. The van der Waals surface area contributed by atoms with E-state index in [-0.39, 0.29) is 23.3 Å². The number of hydrogen-bond donors (Lipinski definition) is 2. The minimum atomic E-state index is -4.52. The van der Waals surface area contributed by atoms with Crippen molar-refractivity contribution >= 4 is 34.4 Å². The predicted molar refractivity (Wildman–Crippen MR) is 135 cm³/mol. The van der Waals surface area contributed by atoms with Crippen LogP contribution in [0.1, 0.15) is 18.1 Å². The molecule has 0 saturated carbocycles. The van der Waals surface area contributed by atoms with Gasteiger partial charge in [-0.15, -0.1) is 0 Å². The quantitative estimate of drug-likeness (QED) is 0.465. The number of fused-ring (bicyclic) bond motifs is 1. The summed E-state index contributed by atoms with van der Waals surface area (Å²) in [5, 5.41) is 12.1. The average Bonchev–Trinajstić information content (AvgIpc) is 2.89. The van der Waals surface area contributed by atoms with Gasteiger partial charge in [0.2, 0.25) is 11.8 Å². The largest absolute Gasteiger partial charge is 0.480 e. The summed E-state index contributed by atoms with van der Waals surface area (Å²) in [6, 6.07) is 7.76. The number of carboxylic acid groups (broad SMARTS) is 1. The highest BCUT2D eigenvalue weighted by Gasteiger charge is 2.30. The minimum Gasteiger partial charge on any atom is -0.480 e. The van der Waals surface area contributed by atoms with Gasteiger partial charge in [-0.25, -0.2) is 9.78 Å². The molecule has 39 heavy (non-hydrogen) atoms. The fraction of sp³-hybridized carbons (Fsp3) is 0.346. The minimum absolute atomic E-state index is 0.00280. The van der Waals surface area contributed by atoms with E-state index in [1.54, 1.807) is 17.0 Å². The Morgan fingerprint density at radius 3 is 2.31 bits per heavy atom. The number of hydrogen-bond acceptors (Lipinski definition) is 6. The van der Waals surface area contributed by atoms with Gasteiger partial charge < -0.3 is 20.2 Å². The lowest BCUT2D eigenvalue weighted by molar-refractivity contribution is -0.142. The van der Waals surface area contributed by atoms with Gasteiger partial charge in [-0.2, -0.15) is 13.2 Å². The molecular formula is C26H26F3N5O5. The molecule has 1 saturated heterocycles. The van der Waals surface area contributed by atoms with Crippen molar-refractivity contribution in [3.05, 3.63) is 70.3 Å². The summed E-state index contributed by atoms with van der Waals surface area (Å²) in [6.07, 6.45) is -3.57. The van der Waals surface area contributed by atoms with Crippen LogP contribution >= 0.6 is 0 Å². The number of aromatic nitrogens is 2. The Kier molecular flexibility index (Phi) is 7.88. The molecule has 1 unspecified atom stereocenters. The first-order valence-electron chi connectivity index (χ1n) is 12.1. The molecule has 2 N–H and O–H groups in total. The maximum absolute atomic E-state index is 13.1. The lowest BCUT2D eigenvalue weighted by atomic mass is 10.0. The Bertz CT molecular complexity index is 1450. The Morgan fingerprint density at radius 1 is 1.05 bits per heavy atom. The van der Waals surface area contributed by atoms with Crippen molar-refractivity contribution in [3.63, 3.8) is 0 Å². The molecule has 4 rings (SSSR count). The van der Waals surface area contributed by atoms with Crippen LogP contribution in [0.5, 0.6) is 0 Å². The predicted octanol–water partition coefficient (Wildman–Crippen LogP) is 1.90. The van der Waals surface area contributed by atoms with Gasteiger partial charge in [0.1, 0.15) is 12.6 Å². The number of alkyl halides is 3. The van der Waals surface area contributed by atoms with Crippen LogP contribution in [0.2, 0.25) is 0 Å². The van der Waals surface area contributed by atoms with Crippen LogP contribution in [0.15, 0.2) is 53.6 Å². The summed E-state index contributed by atoms with van der Waals surface area (Å²) in [5.74, 6) is -2.14. The maximum atomic E-state index is 13.1. The third-order valence-corrected chi connectivity index (χ3v) is 6.57. The van der Waals surface area contributed by atoms with E-state index in [2.05, 4.69) is 10.3 Å². The number of piperazine rings is 1. The fourth-order valence-corrected chi connectivity index (χ4v) is 4.40. The standard InChI is InChI=1S/C26H26F3N5O5/c1-16(35)32-8-10-33(11-9-32)19-6-7-21-20(13-19)24(37)34(15-30-21)14-23(36)31-22(25(38)39)12-17-2-4-18(5-3-17)26(27,28)29/h2-7,13,15,22H,8-12,14H2,1H3,(H,31,36)(H,38,39). The highest BCUT2D eigenvalue weighted by atomic mass is 19.4. The number of halogens is 3. The first kappa shape index (κ1) is 27.6. The van der Waals surface area contributed by atoms with Gasteiger partial charge in [0, 0.05) is 45.2 Å². The first-order valence-corrected chi connectivity index (χ1v) is 12.1. The van der Waals surface area contributed by atoms with Crippen LogP contribution in [-0.2, 0) is 33.5 Å². The maximum Gasteiger partial charge on any atom is 0.416 e. The number of amides is 2. The summed E-state index contributed by atoms with van der Waals surface area (Å²) in [7, 11) is 0. The van der Waals surface area contributed by atoms with Crippen LogP contribution in [0.25, 0.3) is 10.9 Å². The van der Waals surface area contributed by atoms with Gasteiger partial charge in [-0.1, -0.05) is 12.1 Å². The number of aliphatic carboxylic acids is 1. The normalized spacial score (nSPS) is 14.8. The molecular weight excluding hydrogens is 519 g/mol. The molecule has 3 aromatic rings. The average molecular weight is 546 g/mol. The van der Waals surface area contributed by atoms with Gasteiger partial charge >= 0.3 is 12.1 Å². The highest BCUT2D eigenvalue weighted by molar-refractivity contribution is 5.85. The van der Waals surface area contributed by atoms with E-state index in [0.717, 1.165) is 34.5 Å². The SMILES string of the molecule is CC(=O)N1CCN(c2ccc3ncn(CC(=O)NC(Cc4ccc(C(F)(F)F)cc4)C(=O)O)c(=O)c3c2)CC1. The van der Waals surface area contributed by atoms with Crippen molar-refractivity contribution in [1.29, 1.82) is 0 Å². The van der Waals surface area contributed by atoms with Gasteiger partial charge in [0.15, 0.2) is 0 Å². The number of carboxylic acids is 1. The molecule has 0 spiro atoms. The van der Waals surface area contributed by atoms with E-state index in [1.165, 1.54) is 13.3 Å². The molecule has 206 valence electrons. The van der Waals surface area contributed by atoms with E-state index >= 15 is 0 Å². The van der Waals surface area contributed by atoms with E-state index in [9.17, 15) is 37.5 Å². The van der Waals surface area contributed by atoms with Crippen LogP contribution in [0, 0.1) is 0 Å².